The molecule has 28 heavy (non-hydrogen) atoms. The highest BCUT2D eigenvalue weighted by Gasteiger charge is 2.15. The van der Waals surface area contributed by atoms with Gasteiger partial charge in [0.2, 0.25) is 0 Å². The van der Waals surface area contributed by atoms with E-state index < -0.39 is 6.10 Å². The normalized spacial score (nSPS) is 11.8. The van der Waals surface area contributed by atoms with Gasteiger partial charge in [-0.15, -0.1) is 0 Å². The molecule has 0 amide bonds. The summed E-state index contributed by atoms with van der Waals surface area (Å²) in [6, 6.07) is 24.6. The van der Waals surface area contributed by atoms with Gasteiger partial charge < -0.3 is 14.4 Å². The highest BCUT2D eigenvalue weighted by Crippen LogP contribution is 2.31. The molecule has 4 aromatic rings. The molecule has 0 saturated carbocycles. The fourth-order valence-corrected chi connectivity index (χ4v) is 3.41. The maximum Gasteiger partial charge on any atom is 0.119 e. The van der Waals surface area contributed by atoms with E-state index in [9.17, 15) is 15.6 Å². The summed E-state index contributed by atoms with van der Waals surface area (Å²) >= 11 is 0. The van der Waals surface area contributed by atoms with E-state index in [0.29, 0.717) is 23.4 Å². The Morgan fingerprint density at radius 3 is 1.96 bits per heavy atom. The lowest BCUT2D eigenvalue weighted by molar-refractivity contribution is 0.0945. The smallest absolute Gasteiger partial charge is 0.119 e. The van der Waals surface area contributed by atoms with Crippen molar-refractivity contribution in [3.05, 3.63) is 77.9 Å². The Labute approximate surface area is 162 Å². The summed E-state index contributed by atoms with van der Waals surface area (Å²) in [6.07, 6.45) is -0.717. The van der Waals surface area contributed by atoms with Gasteiger partial charge in [-0.05, 0) is 48.5 Å². The zero-order valence-corrected chi connectivity index (χ0v) is 15.0. The number of hydrogen-bond donors (Lipinski definition) is 1. The van der Waals surface area contributed by atoms with E-state index in [1.165, 1.54) is 0 Å². The van der Waals surface area contributed by atoms with Gasteiger partial charge in [-0.2, -0.15) is 10.5 Å². The predicted molar refractivity (Wildman–Crippen MR) is 107 cm³/mol. The molecule has 1 N–H and O–H groups in total. The van der Waals surface area contributed by atoms with Crippen LogP contribution in [0.5, 0.6) is 5.75 Å². The first-order valence-corrected chi connectivity index (χ1v) is 8.91. The van der Waals surface area contributed by atoms with Crippen molar-refractivity contribution in [3.8, 4) is 17.9 Å². The van der Waals surface area contributed by atoms with E-state index >= 15 is 0 Å². The summed E-state index contributed by atoms with van der Waals surface area (Å²) in [7, 11) is 0. The van der Waals surface area contributed by atoms with E-state index in [2.05, 4.69) is 12.1 Å². The second kappa shape index (κ2) is 7.44. The lowest BCUT2D eigenvalue weighted by Gasteiger charge is -2.15. The van der Waals surface area contributed by atoms with Gasteiger partial charge in [0, 0.05) is 21.8 Å². The van der Waals surface area contributed by atoms with Crippen molar-refractivity contribution >= 4 is 21.8 Å². The molecule has 0 spiro atoms. The molecule has 0 aliphatic rings. The summed E-state index contributed by atoms with van der Waals surface area (Å²) in [5.41, 5.74) is 2.93. The number of benzene rings is 3. The molecule has 0 aliphatic carbocycles. The molecule has 0 saturated heterocycles. The van der Waals surface area contributed by atoms with Crippen molar-refractivity contribution < 1.29 is 9.84 Å². The maximum atomic E-state index is 10.6. The van der Waals surface area contributed by atoms with Crippen LogP contribution in [0.15, 0.2) is 66.7 Å². The largest absolute Gasteiger partial charge is 0.491 e. The zero-order valence-electron chi connectivity index (χ0n) is 15.0. The molecule has 0 fully saturated rings. The van der Waals surface area contributed by atoms with Crippen LogP contribution in [0, 0.1) is 22.7 Å². The summed E-state index contributed by atoms with van der Waals surface area (Å²) in [4.78, 5) is 0. The Kier molecular flexibility index (Phi) is 4.68. The minimum Gasteiger partial charge on any atom is -0.491 e. The van der Waals surface area contributed by atoms with Gasteiger partial charge in [0.05, 0.1) is 29.8 Å². The molecule has 0 aliphatic heterocycles. The first-order chi connectivity index (χ1) is 13.7. The van der Waals surface area contributed by atoms with Gasteiger partial charge in [0.1, 0.15) is 18.5 Å². The number of rotatable bonds is 5. The van der Waals surface area contributed by atoms with Gasteiger partial charge in [0.25, 0.3) is 0 Å². The maximum absolute atomic E-state index is 10.6. The Balaban J connectivity index is 1.71. The van der Waals surface area contributed by atoms with Crippen molar-refractivity contribution in [2.24, 2.45) is 0 Å². The van der Waals surface area contributed by atoms with E-state index in [-0.39, 0.29) is 6.61 Å². The minimum atomic E-state index is -0.717. The second-order valence-electron chi connectivity index (χ2n) is 6.58. The van der Waals surface area contributed by atoms with Gasteiger partial charge in [-0.25, -0.2) is 0 Å². The fraction of sp³-hybridized carbons (Fsp3) is 0.130. The molecule has 136 valence electrons. The number of aliphatic hydroxyl groups excluding tert-OH is 1. The van der Waals surface area contributed by atoms with Crippen molar-refractivity contribution in [1.82, 2.24) is 4.57 Å². The third kappa shape index (κ3) is 3.27. The molecule has 3 aromatic carbocycles. The van der Waals surface area contributed by atoms with Crippen LogP contribution >= 0.6 is 0 Å². The standard InChI is InChI=1S/C23H17N3O2/c24-12-16-6-8-22-20(10-16)21-11-17(13-25)7-9-23(21)26(22)14-18(27)15-28-19-4-2-1-3-5-19/h1-11,18,27H,14-15H2. The van der Waals surface area contributed by atoms with Gasteiger partial charge in [-0.3, -0.25) is 0 Å². The van der Waals surface area contributed by atoms with Crippen molar-refractivity contribution in [2.45, 2.75) is 12.6 Å². The molecule has 1 heterocycles. The molecule has 5 nitrogen and oxygen atoms in total. The molecule has 0 bridgehead atoms. The van der Waals surface area contributed by atoms with Crippen LogP contribution in [0.1, 0.15) is 11.1 Å². The fourth-order valence-electron chi connectivity index (χ4n) is 3.41. The molecular formula is C23H17N3O2. The number of aromatic nitrogens is 1. The molecular weight excluding hydrogens is 350 g/mol. The van der Waals surface area contributed by atoms with E-state index in [1.807, 2.05) is 59.2 Å². The van der Waals surface area contributed by atoms with Gasteiger partial charge in [-0.1, -0.05) is 18.2 Å². The van der Waals surface area contributed by atoms with Crippen molar-refractivity contribution in [2.75, 3.05) is 6.61 Å². The minimum absolute atomic E-state index is 0.164. The number of nitrogens with zero attached hydrogens (tertiary/aromatic N) is 3. The summed E-state index contributed by atoms with van der Waals surface area (Å²) in [5, 5.41) is 30.8. The van der Waals surface area contributed by atoms with Crippen LogP contribution in [-0.2, 0) is 6.54 Å². The number of fused-ring (bicyclic) bond motifs is 3. The van der Waals surface area contributed by atoms with Crippen LogP contribution in [0.25, 0.3) is 21.8 Å². The second-order valence-corrected chi connectivity index (χ2v) is 6.58. The molecule has 0 radical (unpaired) electrons. The van der Waals surface area contributed by atoms with Crippen LogP contribution in [0.3, 0.4) is 0 Å². The molecule has 1 unspecified atom stereocenters. The van der Waals surface area contributed by atoms with Crippen molar-refractivity contribution in [1.29, 1.82) is 10.5 Å². The third-order valence-electron chi connectivity index (χ3n) is 4.70. The number of nitriles is 2. The Morgan fingerprint density at radius 1 is 0.857 bits per heavy atom. The molecule has 4 rings (SSSR count). The number of ether oxygens (including phenoxy) is 1. The summed E-state index contributed by atoms with van der Waals surface area (Å²) in [5.74, 6) is 0.709. The lowest BCUT2D eigenvalue weighted by atomic mass is 10.1. The quantitative estimate of drug-likeness (QED) is 0.578. The van der Waals surface area contributed by atoms with Crippen molar-refractivity contribution in [3.63, 3.8) is 0 Å². The summed E-state index contributed by atoms with van der Waals surface area (Å²) in [6.45, 7) is 0.502. The van der Waals surface area contributed by atoms with Crippen LogP contribution < -0.4 is 4.74 Å². The Hall–Kier alpha value is -3.80. The van der Waals surface area contributed by atoms with Crippen LogP contribution in [-0.4, -0.2) is 22.4 Å². The monoisotopic (exact) mass is 367 g/mol. The SMILES string of the molecule is N#Cc1ccc2c(c1)c1cc(C#N)ccc1n2CC(O)COc1ccccc1. The average molecular weight is 367 g/mol. The lowest BCUT2D eigenvalue weighted by Crippen LogP contribution is -2.23. The highest BCUT2D eigenvalue weighted by atomic mass is 16.5. The van der Waals surface area contributed by atoms with Crippen LogP contribution in [0.4, 0.5) is 0 Å². The number of para-hydroxylation sites is 1. The van der Waals surface area contributed by atoms with Gasteiger partial charge >= 0.3 is 0 Å². The first kappa shape index (κ1) is 17.6. The Bertz CT molecular complexity index is 1160. The zero-order chi connectivity index (χ0) is 19.5. The Morgan fingerprint density at radius 2 is 1.43 bits per heavy atom. The number of aliphatic hydroxyl groups is 1. The summed E-state index contributed by atoms with van der Waals surface area (Å²) < 4.78 is 7.67. The first-order valence-electron chi connectivity index (χ1n) is 8.91. The number of hydrogen-bond acceptors (Lipinski definition) is 4. The molecule has 5 heteroatoms. The van der Waals surface area contributed by atoms with Crippen LogP contribution in [0.2, 0.25) is 0 Å². The predicted octanol–water partition coefficient (Wildman–Crippen LogP) is 3.98. The van der Waals surface area contributed by atoms with E-state index in [1.54, 1.807) is 12.1 Å². The third-order valence-corrected chi connectivity index (χ3v) is 4.70. The molecule has 1 aromatic heterocycles. The van der Waals surface area contributed by atoms with Gasteiger partial charge in [0.15, 0.2) is 0 Å². The average Bonchev–Trinajstić information content (AvgIpc) is 3.05. The van der Waals surface area contributed by atoms with E-state index in [4.69, 9.17) is 4.74 Å². The molecule has 1 atom stereocenters. The highest BCUT2D eigenvalue weighted by molar-refractivity contribution is 6.08. The van der Waals surface area contributed by atoms with E-state index in [0.717, 1.165) is 21.8 Å². The topological polar surface area (TPSA) is 82.0 Å².